The maximum Gasteiger partial charge on any atom is 0.232 e. The number of aromatic nitrogens is 2. The summed E-state index contributed by atoms with van der Waals surface area (Å²) in [5.41, 5.74) is 6.49. The second-order valence-corrected chi connectivity index (χ2v) is 7.20. The van der Waals surface area contributed by atoms with Gasteiger partial charge in [-0.15, -0.1) is 0 Å². The van der Waals surface area contributed by atoms with Crippen LogP contribution in [0.5, 0.6) is 0 Å². The molecule has 1 aromatic rings. The first-order valence-corrected chi connectivity index (χ1v) is 9.67. The van der Waals surface area contributed by atoms with E-state index in [0.717, 1.165) is 24.6 Å². The number of hydrogen-bond acceptors (Lipinski definition) is 10. The monoisotopic (exact) mass is 364 g/mol. The van der Waals surface area contributed by atoms with E-state index in [1.807, 2.05) is 11.9 Å². The van der Waals surface area contributed by atoms with E-state index in [0.29, 0.717) is 16.3 Å². The van der Waals surface area contributed by atoms with E-state index >= 15 is 0 Å². The highest BCUT2D eigenvalue weighted by Crippen LogP contribution is 2.38. The Morgan fingerprint density at radius 2 is 2.45 bits per heavy atom. The largest absolute Gasteiger partial charge is 0.383 e. The average molecular weight is 364 g/mol. The Bertz CT molecular complexity index is 525. The van der Waals surface area contributed by atoms with E-state index in [9.17, 15) is 4.79 Å². The van der Waals surface area contributed by atoms with Gasteiger partial charge in [-0.1, -0.05) is 12.2 Å². The van der Waals surface area contributed by atoms with Crippen molar-refractivity contribution in [1.82, 2.24) is 9.97 Å². The van der Waals surface area contributed by atoms with E-state index in [1.54, 1.807) is 0 Å². The molecule has 2 rings (SSSR count). The van der Waals surface area contributed by atoms with Gasteiger partial charge in [-0.2, -0.15) is 0 Å². The van der Waals surface area contributed by atoms with Crippen molar-refractivity contribution in [2.45, 2.75) is 30.1 Å². The summed E-state index contributed by atoms with van der Waals surface area (Å²) in [7, 11) is 0.139. The van der Waals surface area contributed by atoms with Crippen molar-refractivity contribution >= 4 is 48.8 Å². The second kappa shape index (κ2) is 8.28. The minimum atomic E-state index is -1.68. The Balaban J connectivity index is 2.05. The van der Waals surface area contributed by atoms with Crippen LogP contribution in [0.15, 0.2) is 11.2 Å². The molecule has 3 N–H and O–H groups in total. The first-order valence-electron chi connectivity index (χ1n) is 6.42. The van der Waals surface area contributed by atoms with E-state index in [2.05, 4.69) is 22.2 Å². The Morgan fingerprint density at radius 1 is 1.68 bits per heavy atom. The fourth-order valence-corrected chi connectivity index (χ4v) is 3.24. The molecule has 3 atom stereocenters. The van der Waals surface area contributed by atoms with Gasteiger partial charge in [0.25, 0.3) is 0 Å². The van der Waals surface area contributed by atoms with Crippen LogP contribution >= 0.6 is 31.6 Å². The number of hydrogen-bond donors (Lipinski definition) is 3. The number of nitrogen functional groups attached to an aromatic ring is 1. The number of nitrogens with two attached hydrogens (primary N) is 1. The average Bonchev–Trinajstić information content (AvgIpc) is 2.95. The molecule has 122 valence electrons. The first kappa shape index (κ1) is 17.7. The Labute approximate surface area is 138 Å². The number of ether oxygens (including phenoxy) is 1. The summed E-state index contributed by atoms with van der Waals surface area (Å²) in [6.45, 7) is 0.290. The summed E-state index contributed by atoms with van der Waals surface area (Å²) in [5.74, 6) is 0.808. The number of anilines is 2. The van der Waals surface area contributed by atoms with Crippen molar-refractivity contribution < 1.29 is 18.9 Å². The highest BCUT2D eigenvalue weighted by molar-refractivity contribution is 8.41. The van der Waals surface area contributed by atoms with Crippen molar-refractivity contribution in [3.8, 4) is 0 Å². The third-order valence-corrected chi connectivity index (χ3v) is 4.66. The second-order valence-electron chi connectivity index (χ2n) is 4.58. The van der Waals surface area contributed by atoms with Gasteiger partial charge in [-0.25, -0.2) is 9.97 Å². The van der Waals surface area contributed by atoms with Crippen LogP contribution in [-0.4, -0.2) is 46.5 Å². The summed E-state index contributed by atoms with van der Waals surface area (Å²) in [6.07, 6.45) is 2.60. The molecule has 1 fully saturated rings. The number of thioether (sulfide) groups is 1. The van der Waals surface area contributed by atoms with Gasteiger partial charge in [-0.05, 0) is 24.6 Å². The van der Waals surface area contributed by atoms with Crippen LogP contribution in [0.2, 0.25) is 0 Å². The molecule has 1 saturated heterocycles. The third-order valence-electron chi connectivity index (χ3n) is 3.21. The quantitative estimate of drug-likeness (QED) is 0.286. The number of thiol groups is 1. The zero-order chi connectivity index (χ0) is 16.1. The Morgan fingerprint density at radius 3 is 3.14 bits per heavy atom. The van der Waals surface area contributed by atoms with Crippen molar-refractivity contribution in [2.75, 3.05) is 24.3 Å². The van der Waals surface area contributed by atoms with Gasteiger partial charge >= 0.3 is 0 Å². The summed E-state index contributed by atoms with van der Waals surface area (Å²) < 4.78 is 11.0. The van der Waals surface area contributed by atoms with Crippen LogP contribution < -0.4 is 10.6 Å². The first-order chi connectivity index (χ1) is 10.5. The smallest absolute Gasteiger partial charge is 0.232 e. The van der Waals surface area contributed by atoms with Gasteiger partial charge in [0.05, 0.1) is 17.6 Å². The van der Waals surface area contributed by atoms with E-state index in [4.69, 9.17) is 19.9 Å². The van der Waals surface area contributed by atoms with Crippen LogP contribution in [0.4, 0.5) is 11.6 Å². The number of nitrogens with zero attached hydrogens (tertiary/aromatic N) is 3. The lowest BCUT2D eigenvalue weighted by Gasteiger charge is -2.27. The van der Waals surface area contributed by atoms with E-state index < -0.39 is 7.58 Å². The van der Waals surface area contributed by atoms with Gasteiger partial charge in [0, 0.05) is 7.05 Å². The molecular weight excluding hydrogens is 347 g/mol. The molecule has 0 spiro atoms. The summed E-state index contributed by atoms with van der Waals surface area (Å²) >= 11 is 4.74. The van der Waals surface area contributed by atoms with Crippen LogP contribution in [0.25, 0.3) is 0 Å². The number of carbonyl (C=O) groups excluding carboxylic acids is 1. The standard InChI is InChI=1S/C11H17N4O4PS2/c1-15(8-3-2-7(19-8)4-18-20(17)21)11-9(22-6-16)10(12)13-5-14-11/h5-8,17,21H,2-4H2,1H3,(H2,12,13,14). The van der Waals surface area contributed by atoms with E-state index in [-0.39, 0.29) is 24.8 Å². The lowest BCUT2D eigenvalue weighted by Crippen LogP contribution is -2.33. The number of rotatable bonds is 7. The van der Waals surface area contributed by atoms with Gasteiger partial charge in [-0.3, -0.25) is 4.79 Å². The number of carbonyl (C=O) groups is 1. The Hall–Kier alpha value is -0.640. The van der Waals surface area contributed by atoms with E-state index in [1.165, 1.54) is 6.33 Å². The molecule has 0 amide bonds. The zero-order valence-corrected chi connectivity index (χ0v) is 14.4. The van der Waals surface area contributed by atoms with Gasteiger partial charge < -0.3 is 24.8 Å². The fraction of sp³-hybridized carbons (Fsp3) is 0.545. The van der Waals surface area contributed by atoms with Gasteiger partial charge in [0.1, 0.15) is 24.2 Å². The molecule has 0 aliphatic carbocycles. The predicted molar refractivity (Wildman–Crippen MR) is 89.4 cm³/mol. The topological polar surface area (TPSA) is 111 Å². The van der Waals surface area contributed by atoms with Crippen LogP contribution in [-0.2, 0) is 14.1 Å². The minimum absolute atomic E-state index is 0.113. The summed E-state index contributed by atoms with van der Waals surface area (Å²) in [6, 6.07) is 0. The molecule has 0 bridgehead atoms. The van der Waals surface area contributed by atoms with Gasteiger partial charge in [0.15, 0.2) is 5.62 Å². The lowest BCUT2D eigenvalue weighted by atomic mass is 10.2. The zero-order valence-electron chi connectivity index (χ0n) is 11.8. The Kier molecular flexibility index (Phi) is 6.66. The van der Waals surface area contributed by atoms with Crippen molar-refractivity contribution in [1.29, 1.82) is 0 Å². The van der Waals surface area contributed by atoms with Crippen molar-refractivity contribution in [3.63, 3.8) is 0 Å². The molecule has 11 heteroatoms. The molecule has 22 heavy (non-hydrogen) atoms. The fourth-order valence-electron chi connectivity index (χ4n) is 2.17. The molecule has 0 aromatic carbocycles. The molecule has 1 aromatic heterocycles. The highest BCUT2D eigenvalue weighted by atomic mass is 32.7. The minimum Gasteiger partial charge on any atom is -0.383 e. The summed E-state index contributed by atoms with van der Waals surface area (Å²) in [5, 5.41) is 0. The predicted octanol–water partition coefficient (Wildman–Crippen LogP) is 1.45. The van der Waals surface area contributed by atoms with Crippen LogP contribution in [0, 0.1) is 0 Å². The molecule has 2 heterocycles. The molecular formula is C11H17N4O4PS2. The molecule has 0 saturated carbocycles. The normalized spacial score (nSPS) is 22.5. The maximum atomic E-state index is 10.8. The molecule has 8 nitrogen and oxygen atoms in total. The lowest BCUT2D eigenvalue weighted by molar-refractivity contribution is 0.0197. The van der Waals surface area contributed by atoms with Crippen LogP contribution in [0.3, 0.4) is 0 Å². The molecule has 3 unspecified atom stereocenters. The molecule has 1 aliphatic rings. The van der Waals surface area contributed by atoms with Crippen LogP contribution in [0.1, 0.15) is 12.8 Å². The summed E-state index contributed by atoms with van der Waals surface area (Å²) in [4.78, 5) is 30.3. The SMILES string of the molecule is CN(c1ncnc(N)c1SC=O)C1CCC(COP(O)S)O1. The third kappa shape index (κ3) is 4.43. The molecule has 1 aliphatic heterocycles. The van der Waals surface area contributed by atoms with Crippen molar-refractivity contribution in [2.24, 2.45) is 0 Å². The maximum absolute atomic E-state index is 10.8. The highest BCUT2D eigenvalue weighted by Gasteiger charge is 2.31. The molecule has 0 radical (unpaired) electrons. The van der Waals surface area contributed by atoms with Crippen molar-refractivity contribution in [3.05, 3.63) is 6.33 Å². The van der Waals surface area contributed by atoms with Gasteiger partial charge in [0.2, 0.25) is 7.58 Å².